The summed E-state index contributed by atoms with van der Waals surface area (Å²) in [6, 6.07) is 0.0845. The first kappa shape index (κ1) is 10.3. The van der Waals surface area contributed by atoms with Gasteiger partial charge in [-0.25, -0.2) is 0 Å². The maximum atomic E-state index is 11.2. The molecule has 1 aliphatic heterocycles. The molecule has 13 heavy (non-hydrogen) atoms. The van der Waals surface area contributed by atoms with E-state index in [2.05, 4.69) is 25.7 Å². The molecule has 0 aromatic rings. The van der Waals surface area contributed by atoms with Crippen LogP contribution in [0.3, 0.4) is 0 Å². The lowest BCUT2D eigenvalue weighted by Crippen LogP contribution is -2.53. The monoisotopic (exact) mass is 183 g/mol. The number of nitrogens with one attached hydrogen (secondary N) is 1. The molecule has 3 nitrogen and oxygen atoms in total. The zero-order valence-corrected chi connectivity index (χ0v) is 8.25. The predicted molar refractivity (Wildman–Crippen MR) is 51.3 cm³/mol. The fourth-order valence-corrected chi connectivity index (χ4v) is 1.36. The van der Waals surface area contributed by atoms with Gasteiger partial charge in [-0.3, -0.25) is 10.1 Å². The van der Waals surface area contributed by atoms with Crippen LogP contribution >= 0.6 is 0 Å². The highest BCUT2D eigenvalue weighted by molar-refractivity contribution is 5.76. The fraction of sp³-hybridized carbons (Fsp3) is 0.700. The van der Waals surface area contributed by atoms with Crippen LogP contribution in [0.2, 0.25) is 0 Å². The van der Waals surface area contributed by atoms with E-state index in [1.165, 1.54) is 0 Å². The van der Waals surface area contributed by atoms with Gasteiger partial charge in [0.2, 0.25) is 0 Å². The standard InChI is InChI=1S/C10H17NO2/c1-4-5-8-10(12)13-6-9(11-8)7(2)3/h4,7-9,11H,1,5-6H2,2-3H3/t8-,9-/m1/s1. The number of carbonyl (C=O) groups is 1. The number of esters is 1. The van der Waals surface area contributed by atoms with Crippen LogP contribution in [0.15, 0.2) is 12.7 Å². The lowest BCUT2D eigenvalue weighted by atomic mass is 10.0. The highest BCUT2D eigenvalue weighted by Crippen LogP contribution is 2.11. The minimum atomic E-state index is -0.196. The molecule has 0 bridgehead atoms. The van der Waals surface area contributed by atoms with E-state index < -0.39 is 0 Å². The number of rotatable bonds is 3. The molecule has 74 valence electrons. The molecule has 1 rings (SSSR count). The van der Waals surface area contributed by atoms with Gasteiger partial charge in [-0.1, -0.05) is 19.9 Å². The van der Waals surface area contributed by atoms with Crippen molar-refractivity contribution >= 4 is 5.97 Å². The van der Waals surface area contributed by atoms with Crippen molar-refractivity contribution in [2.24, 2.45) is 5.92 Å². The van der Waals surface area contributed by atoms with Crippen LogP contribution in [0, 0.1) is 5.92 Å². The molecule has 1 aliphatic rings. The lowest BCUT2D eigenvalue weighted by molar-refractivity contribution is -0.152. The molecule has 0 aliphatic carbocycles. The van der Waals surface area contributed by atoms with Gasteiger partial charge in [0, 0.05) is 6.04 Å². The number of carbonyl (C=O) groups excluding carboxylic acids is 1. The quantitative estimate of drug-likeness (QED) is 0.526. The van der Waals surface area contributed by atoms with Gasteiger partial charge in [0.15, 0.2) is 0 Å². The minimum absolute atomic E-state index is 0.156. The summed E-state index contributed by atoms with van der Waals surface area (Å²) >= 11 is 0. The lowest BCUT2D eigenvalue weighted by Gasteiger charge is -2.31. The zero-order valence-electron chi connectivity index (χ0n) is 8.25. The Kier molecular flexibility index (Phi) is 3.48. The van der Waals surface area contributed by atoms with Crippen molar-refractivity contribution in [3.05, 3.63) is 12.7 Å². The van der Waals surface area contributed by atoms with E-state index >= 15 is 0 Å². The Morgan fingerprint density at radius 3 is 3.00 bits per heavy atom. The van der Waals surface area contributed by atoms with Crippen molar-refractivity contribution in [3.8, 4) is 0 Å². The van der Waals surface area contributed by atoms with Crippen molar-refractivity contribution in [1.82, 2.24) is 5.32 Å². The molecule has 0 spiro atoms. The Morgan fingerprint density at radius 2 is 2.46 bits per heavy atom. The van der Waals surface area contributed by atoms with Crippen molar-refractivity contribution in [3.63, 3.8) is 0 Å². The summed E-state index contributed by atoms with van der Waals surface area (Å²) < 4.78 is 5.07. The SMILES string of the molecule is C=CC[C@H]1N[C@@H](C(C)C)COC1=O. The highest BCUT2D eigenvalue weighted by Gasteiger charge is 2.29. The minimum Gasteiger partial charge on any atom is -0.463 e. The summed E-state index contributed by atoms with van der Waals surface area (Å²) in [5.41, 5.74) is 0. The summed E-state index contributed by atoms with van der Waals surface area (Å²) in [7, 11) is 0. The van der Waals surface area contributed by atoms with E-state index in [1.807, 2.05) is 0 Å². The van der Waals surface area contributed by atoms with Gasteiger partial charge in [-0.05, 0) is 12.3 Å². The number of hydrogen-bond donors (Lipinski definition) is 1. The van der Waals surface area contributed by atoms with Crippen LogP contribution in [-0.4, -0.2) is 24.7 Å². The Bertz CT molecular complexity index is 201. The third-order valence-corrected chi connectivity index (χ3v) is 2.31. The Labute approximate surface area is 79.2 Å². The molecule has 0 aromatic heterocycles. The number of cyclic esters (lactones) is 1. The van der Waals surface area contributed by atoms with Crippen LogP contribution in [0.25, 0.3) is 0 Å². The van der Waals surface area contributed by atoms with E-state index in [4.69, 9.17) is 4.74 Å². The molecule has 0 saturated carbocycles. The Hall–Kier alpha value is -0.830. The van der Waals surface area contributed by atoms with Crippen LogP contribution in [0.5, 0.6) is 0 Å². The fourth-order valence-electron chi connectivity index (χ4n) is 1.36. The van der Waals surface area contributed by atoms with Gasteiger partial charge in [-0.2, -0.15) is 0 Å². The van der Waals surface area contributed by atoms with Crippen molar-refractivity contribution in [2.75, 3.05) is 6.61 Å². The van der Waals surface area contributed by atoms with Crippen molar-refractivity contribution < 1.29 is 9.53 Å². The van der Waals surface area contributed by atoms with Gasteiger partial charge in [0.25, 0.3) is 0 Å². The van der Waals surface area contributed by atoms with Crippen molar-refractivity contribution in [2.45, 2.75) is 32.4 Å². The van der Waals surface area contributed by atoms with Gasteiger partial charge in [-0.15, -0.1) is 6.58 Å². The third-order valence-electron chi connectivity index (χ3n) is 2.31. The van der Waals surface area contributed by atoms with Crippen LogP contribution < -0.4 is 5.32 Å². The molecule has 2 atom stereocenters. The second-order valence-corrected chi connectivity index (χ2v) is 3.72. The second kappa shape index (κ2) is 4.42. The van der Waals surface area contributed by atoms with E-state index in [0.717, 1.165) is 0 Å². The number of hydrogen-bond acceptors (Lipinski definition) is 3. The van der Waals surface area contributed by atoms with Gasteiger partial charge >= 0.3 is 5.97 Å². The maximum Gasteiger partial charge on any atom is 0.323 e. The molecule has 3 heteroatoms. The molecule has 1 N–H and O–H groups in total. The van der Waals surface area contributed by atoms with Gasteiger partial charge in [0.05, 0.1) is 0 Å². The molecule has 0 aromatic carbocycles. The first-order valence-electron chi connectivity index (χ1n) is 4.68. The third kappa shape index (κ3) is 2.56. The Balaban J connectivity index is 2.52. The smallest absolute Gasteiger partial charge is 0.323 e. The first-order chi connectivity index (χ1) is 6.15. The first-order valence-corrected chi connectivity index (χ1v) is 4.68. The average Bonchev–Trinajstić information content (AvgIpc) is 2.08. The summed E-state index contributed by atoms with van der Waals surface area (Å²) in [6.07, 6.45) is 2.38. The van der Waals surface area contributed by atoms with E-state index in [9.17, 15) is 4.79 Å². The van der Waals surface area contributed by atoms with E-state index in [-0.39, 0.29) is 18.1 Å². The molecule has 0 amide bonds. The van der Waals surface area contributed by atoms with Gasteiger partial charge in [0.1, 0.15) is 12.6 Å². The zero-order chi connectivity index (χ0) is 9.84. The topological polar surface area (TPSA) is 38.3 Å². The number of ether oxygens (including phenoxy) is 1. The molecule has 1 heterocycles. The van der Waals surface area contributed by atoms with Crippen LogP contribution in [-0.2, 0) is 9.53 Å². The molecule has 0 unspecified atom stereocenters. The highest BCUT2D eigenvalue weighted by atomic mass is 16.5. The molecule has 1 fully saturated rings. The van der Waals surface area contributed by atoms with Crippen LogP contribution in [0.1, 0.15) is 20.3 Å². The summed E-state index contributed by atoms with van der Waals surface area (Å²) in [5, 5.41) is 3.26. The molecular weight excluding hydrogens is 166 g/mol. The molecule has 1 saturated heterocycles. The predicted octanol–water partition coefficient (Wildman–Crippen LogP) is 1.10. The van der Waals surface area contributed by atoms with Gasteiger partial charge < -0.3 is 4.74 Å². The Morgan fingerprint density at radius 1 is 1.77 bits per heavy atom. The summed E-state index contributed by atoms with van der Waals surface area (Å²) in [5.74, 6) is 0.331. The molecule has 0 radical (unpaired) electrons. The second-order valence-electron chi connectivity index (χ2n) is 3.72. The normalized spacial score (nSPS) is 28.7. The molecular formula is C10H17NO2. The summed E-state index contributed by atoms with van der Waals surface area (Å²) in [4.78, 5) is 11.2. The number of morpholine rings is 1. The summed E-state index contributed by atoms with van der Waals surface area (Å²) in [6.45, 7) is 8.33. The maximum absolute atomic E-state index is 11.2. The van der Waals surface area contributed by atoms with Crippen LogP contribution in [0.4, 0.5) is 0 Å². The van der Waals surface area contributed by atoms with E-state index in [1.54, 1.807) is 6.08 Å². The van der Waals surface area contributed by atoms with E-state index in [0.29, 0.717) is 18.9 Å². The largest absolute Gasteiger partial charge is 0.463 e. The van der Waals surface area contributed by atoms with Crippen molar-refractivity contribution in [1.29, 1.82) is 0 Å². The average molecular weight is 183 g/mol.